The van der Waals surface area contributed by atoms with Gasteiger partial charge in [-0.05, 0) is 44.4 Å². The maximum Gasteiger partial charge on any atom is 0.309 e. The molecule has 1 aliphatic heterocycles. The Kier molecular flexibility index (Phi) is 6.02. The fourth-order valence-corrected chi connectivity index (χ4v) is 4.21. The first-order chi connectivity index (χ1) is 15.0. The molecule has 0 bridgehead atoms. The molecule has 7 nitrogen and oxygen atoms in total. The lowest BCUT2D eigenvalue weighted by atomic mass is 9.97. The number of carbonyl (C=O) groups excluding carboxylic acids is 2. The number of benzene rings is 1. The van der Waals surface area contributed by atoms with Gasteiger partial charge in [0.15, 0.2) is 5.58 Å². The van der Waals surface area contributed by atoms with Crippen molar-refractivity contribution in [2.75, 3.05) is 26.8 Å². The minimum absolute atomic E-state index is 0.0470. The van der Waals surface area contributed by atoms with Gasteiger partial charge >= 0.3 is 5.97 Å². The molecule has 1 aromatic carbocycles. The zero-order valence-electron chi connectivity index (χ0n) is 18.2. The summed E-state index contributed by atoms with van der Waals surface area (Å²) in [5.74, 6) is 1.24. The largest absolute Gasteiger partial charge is 0.497 e. The molecule has 0 N–H and O–H groups in total. The maximum atomic E-state index is 13.4. The number of fused-ring (bicyclic) bond motifs is 1. The molecule has 1 fully saturated rings. The van der Waals surface area contributed by atoms with E-state index in [4.69, 9.17) is 13.9 Å². The minimum atomic E-state index is -0.163. The van der Waals surface area contributed by atoms with Crippen LogP contribution in [0.3, 0.4) is 0 Å². The van der Waals surface area contributed by atoms with E-state index in [1.54, 1.807) is 7.11 Å². The van der Waals surface area contributed by atoms with Crippen LogP contribution in [0.1, 0.15) is 41.6 Å². The van der Waals surface area contributed by atoms with Gasteiger partial charge in [-0.3, -0.25) is 9.59 Å². The predicted molar refractivity (Wildman–Crippen MR) is 116 cm³/mol. The van der Waals surface area contributed by atoms with Gasteiger partial charge in [-0.15, -0.1) is 0 Å². The van der Waals surface area contributed by atoms with E-state index in [-0.39, 0.29) is 17.8 Å². The molecule has 0 atom stereocenters. The van der Waals surface area contributed by atoms with Gasteiger partial charge in [-0.1, -0.05) is 12.1 Å². The first kappa shape index (κ1) is 21.0. The highest BCUT2D eigenvalue weighted by Gasteiger charge is 2.30. The van der Waals surface area contributed by atoms with Crippen LogP contribution in [0.15, 0.2) is 40.8 Å². The van der Waals surface area contributed by atoms with Gasteiger partial charge in [-0.2, -0.15) is 0 Å². The third kappa shape index (κ3) is 4.31. The molecule has 3 aromatic rings. The first-order valence-corrected chi connectivity index (χ1v) is 10.7. The van der Waals surface area contributed by atoms with Crippen molar-refractivity contribution in [3.05, 3.63) is 53.4 Å². The maximum absolute atomic E-state index is 13.4. The van der Waals surface area contributed by atoms with E-state index in [9.17, 15) is 9.59 Å². The summed E-state index contributed by atoms with van der Waals surface area (Å²) in [6, 6.07) is 11.6. The fourth-order valence-electron chi connectivity index (χ4n) is 4.21. The summed E-state index contributed by atoms with van der Waals surface area (Å²) >= 11 is 0. The molecule has 1 saturated heterocycles. The minimum Gasteiger partial charge on any atom is -0.497 e. The summed E-state index contributed by atoms with van der Waals surface area (Å²) in [5.41, 5.74) is 3.21. The Morgan fingerprint density at radius 1 is 1.16 bits per heavy atom. The number of hydrogen-bond donors (Lipinski definition) is 0. The van der Waals surface area contributed by atoms with Crippen LogP contribution in [0.2, 0.25) is 0 Å². The lowest BCUT2D eigenvalue weighted by molar-refractivity contribution is -0.149. The molecule has 0 radical (unpaired) electrons. The Balaban J connectivity index is 1.58. The van der Waals surface area contributed by atoms with Gasteiger partial charge < -0.3 is 23.4 Å². The summed E-state index contributed by atoms with van der Waals surface area (Å²) < 4.78 is 18.3. The molecule has 0 saturated carbocycles. The molecule has 1 aliphatic rings. The summed E-state index contributed by atoms with van der Waals surface area (Å²) in [5, 5.41) is 0. The summed E-state index contributed by atoms with van der Waals surface area (Å²) in [6.07, 6.45) is 1.24. The molecule has 4 rings (SSSR count). The molecule has 0 aliphatic carbocycles. The van der Waals surface area contributed by atoms with E-state index in [0.29, 0.717) is 50.4 Å². The average molecular weight is 424 g/mol. The smallest absolute Gasteiger partial charge is 0.309 e. The predicted octanol–water partition coefficient (Wildman–Crippen LogP) is 4.01. The topological polar surface area (TPSA) is 73.9 Å². The number of rotatable bonds is 6. The van der Waals surface area contributed by atoms with E-state index < -0.39 is 0 Å². The van der Waals surface area contributed by atoms with Crippen LogP contribution in [0.4, 0.5) is 0 Å². The van der Waals surface area contributed by atoms with Crippen molar-refractivity contribution < 1.29 is 23.5 Å². The van der Waals surface area contributed by atoms with E-state index in [1.807, 2.05) is 59.7 Å². The van der Waals surface area contributed by atoms with Gasteiger partial charge in [0.2, 0.25) is 0 Å². The van der Waals surface area contributed by atoms with Crippen molar-refractivity contribution in [1.29, 1.82) is 0 Å². The number of hydrogen-bond acceptors (Lipinski definition) is 5. The van der Waals surface area contributed by atoms with Gasteiger partial charge in [0.25, 0.3) is 5.91 Å². The Bertz CT molecular complexity index is 1090. The average Bonchev–Trinajstić information content (AvgIpc) is 3.30. The summed E-state index contributed by atoms with van der Waals surface area (Å²) in [7, 11) is 1.64. The molecule has 31 heavy (non-hydrogen) atoms. The van der Waals surface area contributed by atoms with Crippen LogP contribution in [-0.2, 0) is 16.1 Å². The summed E-state index contributed by atoms with van der Waals surface area (Å²) in [4.78, 5) is 27.2. The number of furan rings is 1. The van der Waals surface area contributed by atoms with Crippen molar-refractivity contribution in [2.24, 2.45) is 5.92 Å². The third-order valence-corrected chi connectivity index (χ3v) is 5.81. The van der Waals surface area contributed by atoms with Gasteiger partial charge in [0, 0.05) is 31.8 Å². The van der Waals surface area contributed by atoms with Crippen molar-refractivity contribution in [3.63, 3.8) is 0 Å². The number of aryl methyl sites for hydroxylation is 1. The van der Waals surface area contributed by atoms with Crippen molar-refractivity contribution >= 4 is 23.0 Å². The molecule has 1 amide bonds. The highest BCUT2D eigenvalue weighted by molar-refractivity contribution is 5.98. The first-order valence-electron chi connectivity index (χ1n) is 10.7. The van der Waals surface area contributed by atoms with E-state index in [0.717, 1.165) is 22.6 Å². The Morgan fingerprint density at radius 2 is 1.94 bits per heavy atom. The van der Waals surface area contributed by atoms with Crippen LogP contribution in [0.5, 0.6) is 5.75 Å². The normalized spacial score (nSPS) is 14.7. The number of esters is 1. The number of carbonyl (C=O) groups is 2. The second kappa shape index (κ2) is 8.88. The molecule has 2 aromatic heterocycles. The van der Waals surface area contributed by atoms with Crippen LogP contribution >= 0.6 is 0 Å². The van der Waals surface area contributed by atoms with Crippen molar-refractivity contribution in [2.45, 2.75) is 33.2 Å². The van der Waals surface area contributed by atoms with Crippen molar-refractivity contribution in [3.8, 4) is 5.75 Å². The number of ether oxygens (including phenoxy) is 2. The van der Waals surface area contributed by atoms with Crippen LogP contribution in [-0.4, -0.2) is 48.1 Å². The van der Waals surface area contributed by atoms with Crippen LogP contribution < -0.4 is 4.74 Å². The second-order valence-corrected chi connectivity index (χ2v) is 7.89. The quantitative estimate of drug-likeness (QED) is 0.559. The number of likely N-dealkylation sites (tertiary alicyclic amines) is 1. The van der Waals surface area contributed by atoms with E-state index in [2.05, 4.69) is 0 Å². The van der Waals surface area contributed by atoms with E-state index >= 15 is 0 Å². The molecule has 0 unspecified atom stereocenters. The number of piperidine rings is 1. The molecular formula is C24H28N2O5. The Hall–Kier alpha value is -3.22. The van der Waals surface area contributed by atoms with Crippen LogP contribution in [0.25, 0.3) is 11.1 Å². The van der Waals surface area contributed by atoms with Crippen LogP contribution in [0, 0.1) is 12.8 Å². The number of nitrogens with zero attached hydrogens (tertiary/aromatic N) is 2. The zero-order chi connectivity index (χ0) is 22.0. The standard InChI is InChI=1S/C24H28N2O5/c1-4-30-24(28)18-8-10-25(11-9-18)23(27)21-14-22-20(12-16(2)31-22)26(21)15-17-6-5-7-19(13-17)29-3/h5-7,12-14,18H,4,8-11,15H2,1-3H3. The molecule has 3 heterocycles. The van der Waals surface area contributed by atoms with Gasteiger partial charge in [-0.25, -0.2) is 0 Å². The Morgan fingerprint density at radius 3 is 2.65 bits per heavy atom. The highest BCUT2D eigenvalue weighted by atomic mass is 16.5. The van der Waals surface area contributed by atoms with Gasteiger partial charge in [0.05, 0.1) is 25.2 Å². The molecule has 164 valence electrons. The second-order valence-electron chi connectivity index (χ2n) is 7.89. The van der Waals surface area contributed by atoms with Gasteiger partial charge in [0.1, 0.15) is 17.2 Å². The number of amides is 1. The van der Waals surface area contributed by atoms with E-state index in [1.165, 1.54) is 0 Å². The molecule has 7 heteroatoms. The molecular weight excluding hydrogens is 396 g/mol. The zero-order valence-corrected chi connectivity index (χ0v) is 18.2. The Labute approximate surface area is 181 Å². The lowest BCUT2D eigenvalue weighted by Crippen LogP contribution is -2.41. The highest BCUT2D eigenvalue weighted by Crippen LogP contribution is 2.28. The monoisotopic (exact) mass is 424 g/mol. The number of methoxy groups -OCH3 is 1. The fraction of sp³-hybridized carbons (Fsp3) is 0.417. The van der Waals surface area contributed by atoms with Crippen molar-refractivity contribution in [1.82, 2.24) is 9.47 Å². The molecule has 0 spiro atoms. The number of aromatic nitrogens is 1. The SMILES string of the molecule is CCOC(=O)C1CCN(C(=O)c2cc3oc(C)cc3n2Cc2cccc(OC)c2)CC1. The summed E-state index contributed by atoms with van der Waals surface area (Å²) in [6.45, 7) is 5.69. The third-order valence-electron chi connectivity index (χ3n) is 5.81. The lowest BCUT2D eigenvalue weighted by Gasteiger charge is -2.31.